The van der Waals surface area contributed by atoms with Gasteiger partial charge in [0.1, 0.15) is 18.8 Å². The topological polar surface area (TPSA) is 64.6 Å². The van der Waals surface area contributed by atoms with Crippen LogP contribution >= 0.6 is 0 Å². The fraction of sp³-hybridized carbons (Fsp3) is 0.833. The van der Waals surface area contributed by atoms with E-state index in [-0.39, 0.29) is 24.7 Å². The lowest BCUT2D eigenvalue weighted by molar-refractivity contribution is -0.148. The first-order valence-electron chi connectivity index (χ1n) is 6.24. The molecule has 0 radical (unpaired) electrons. The summed E-state index contributed by atoms with van der Waals surface area (Å²) >= 11 is 0. The molecule has 1 fully saturated rings. The van der Waals surface area contributed by atoms with Crippen LogP contribution in [0.4, 0.5) is 4.79 Å². The predicted octanol–water partition coefficient (Wildman–Crippen LogP) is 2.00. The number of cyclic esters (lactones) is 1. The molecule has 0 saturated carbocycles. The normalized spacial score (nSPS) is 20.6. The van der Waals surface area contributed by atoms with Crippen molar-refractivity contribution in [3.05, 3.63) is 0 Å². The molecule has 0 bridgehead atoms. The van der Waals surface area contributed by atoms with E-state index in [2.05, 4.69) is 12.2 Å². The third-order valence-corrected chi connectivity index (χ3v) is 2.81. The summed E-state index contributed by atoms with van der Waals surface area (Å²) in [7, 11) is 0. The van der Waals surface area contributed by atoms with Crippen LogP contribution in [0.2, 0.25) is 0 Å². The van der Waals surface area contributed by atoms with Crippen molar-refractivity contribution in [2.24, 2.45) is 0 Å². The van der Waals surface area contributed by atoms with Gasteiger partial charge in [-0.25, -0.2) is 4.79 Å². The molecule has 5 heteroatoms. The fourth-order valence-corrected chi connectivity index (χ4v) is 1.93. The minimum absolute atomic E-state index is 0.201. The molecule has 2 atom stereocenters. The standard InChI is InChI=1S/C12H21NO4/c1-3-4-5-6-7-11(17-9(2)14)10-8-16-12(15)13-10/h10-11H,3-8H2,1-2H3,(H,13,15)/t10-,11-/m1/s1. The molecular formula is C12H21NO4. The maximum Gasteiger partial charge on any atom is 0.407 e. The summed E-state index contributed by atoms with van der Waals surface area (Å²) < 4.78 is 10.0. The summed E-state index contributed by atoms with van der Waals surface area (Å²) in [6.45, 7) is 3.82. The van der Waals surface area contributed by atoms with Gasteiger partial charge in [0.25, 0.3) is 0 Å². The smallest absolute Gasteiger partial charge is 0.407 e. The van der Waals surface area contributed by atoms with E-state index in [4.69, 9.17) is 9.47 Å². The van der Waals surface area contributed by atoms with Crippen LogP contribution < -0.4 is 5.32 Å². The summed E-state index contributed by atoms with van der Waals surface area (Å²) in [5.74, 6) is -0.313. The number of hydrogen-bond donors (Lipinski definition) is 1. The molecule has 5 nitrogen and oxygen atoms in total. The molecule has 0 unspecified atom stereocenters. The Balaban J connectivity index is 2.37. The Kier molecular flexibility index (Phi) is 5.80. The third kappa shape index (κ3) is 5.06. The van der Waals surface area contributed by atoms with Gasteiger partial charge in [0.2, 0.25) is 0 Å². The third-order valence-electron chi connectivity index (χ3n) is 2.81. The van der Waals surface area contributed by atoms with Crippen LogP contribution in [0, 0.1) is 0 Å². The molecule has 1 aliphatic heterocycles. The average Bonchev–Trinajstić information content (AvgIpc) is 2.69. The molecule has 1 N–H and O–H groups in total. The Morgan fingerprint density at radius 1 is 1.53 bits per heavy atom. The largest absolute Gasteiger partial charge is 0.460 e. The molecule has 1 heterocycles. The fourth-order valence-electron chi connectivity index (χ4n) is 1.93. The number of carbonyl (C=O) groups excluding carboxylic acids is 2. The van der Waals surface area contributed by atoms with E-state index in [1.165, 1.54) is 19.8 Å². The number of nitrogens with one attached hydrogen (secondary N) is 1. The van der Waals surface area contributed by atoms with Crippen LogP contribution in [0.25, 0.3) is 0 Å². The van der Waals surface area contributed by atoms with Crippen molar-refractivity contribution in [3.8, 4) is 0 Å². The highest BCUT2D eigenvalue weighted by atomic mass is 16.6. The Morgan fingerprint density at radius 2 is 2.29 bits per heavy atom. The number of hydrogen-bond acceptors (Lipinski definition) is 4. The predicted molar refractivity (Wildman–Crippen MR) is 62.6 cm³/mol. The van der Waals surface area contributed by atoms with Gasteiger partial charge < -0.3 is 14.8 Å². The number of carbonyl (C=O) groups is 2. The molecule has 0 aromatic rings. The summed E-state index contributed by atoms with van der Waals surface area (Å²) in [6.07, 6.45) is 4.54. The van der Waals surface area contributed by atoms with Crippen LogP contribution in [0.1, 0.15) is 46.0 Å². The maximum atomic E-state index is 11.0. The second kappa shape index (κ2) is 7.14. The van der Waals surface area contributed by atoms with Crippen LogP contribution in [0.3, 0.4) is 0 Å². The average molecular weight is 243 g/mol. The van der Waals surface area contributed by atoms with E-state index in [0.29, 0.717) is 0 Å². The molecule has 17 heavy (non-hydrogen) atoms. The van der Waals surface area contributed by atoms with Gasteiger partial charge >= 0.3 is 12.1 Å². The Labute approximate surface area is 102 Å². The van der Waals surface area contributed by atoms with Gasteiger partial charge in [-0.05, 0) is 12.8 Å². The van der Waals surface area contributed by atoms with E-state index >= 15 is 0 Å². The van der Waals surface area contributed by atoms with Crippen molar-refractivity contribution >= 4 is 12.1 Å². The van der Waals surface area contributed by atoms with Crippen molar-refractivity contribution in [2.75, 3.05) is 6.61 Å². The lowest BCUT2D eigenvalue weighted by atomic mass is 10.0. The monoisotopic (exact) mass is 243 g/mol. The van der Waals surface area contributed by atoms with Crippen LogP contribution in [-0.4, -0.2) is 30.8 Å². The first-order chi connectivity index (χ1) is 8.13. The lowest BCUT2D eigenvalue weighted by Gasteiger charge is -2.21. The summed E-state index contributed by atoms with van der Waals surface area (Å²) in [5.41, 5.74) is 0. The summed E-state index contributed by atoms with van der Waals surface area (Å²) in [4.78, 5) is 22.0. The Hall–Kier alpha value is -1.26. The summed E-state index contributed by atoms with van der Waals surface area (Å²) in [5, 5.41) is 2.66. The van der Waals surface area contributed by atoms with Crippen molar-refractivity contribution in [2.45, 2.75) is 58.1 Å². The summed E-state index contributed by atoms with van der Waals surface area (Å²) in [6, 6.07) is -0.201. The van der Waals surface area contributed by atoms with Gasteiger partial charge in [0, 0.05) is 6.92 Å². The highest BCUT2D eigenvalue weighted by Gasteiger charge is 2.31. The highest BCUT2D eigenvalue weighted by Crippen LogP contribution is 2.15. The molecule has 0 aliphatic carbocycles. The van der Waals surface area contributed by atoms with Gasteiger partial charge in [-0.2, -0.15) is 0 Å². The van der Waals surface area contributed by atoms with Crippen molar-refractivity contribution in [1.82, 2.24) is 5.32 Å². The van der Waals surface area contributed by atoms with Crippen LogP contribution in [-0.2, 0) is 14.3 Å². The minimum atomic E-state index is -0.430. The van der Waals surface area contributed by atoms with E-state index < -0.39 is 6.09 Å². The SMILES string of the molecule is CCCCCC[C@@H](OC(C)=O)[C@H]1COC(=O)N1. The minimum Gasteiger partial charge on any atom is -0.460 e. The zero-order valence-electron chi connectivity index (χ0n) is 10.5. The van der Waals surface area contributed by atoms with E-state index in [0.717, 1.165) is 19.3 Å². The molecule has 1 rings (SSSR count). The Morgan fingerprint density at radius 3 is 2.82 bits per heavy atom. The van der Waals surface area contributed by atoms with E-state index in [1.807, 2.05) is 0 Å². The van der Waals surface area contributed by atoms with Crippen molar-refractivity contribution in [1.29, 1.82) is 0 Å². The van der Waals surface area contributed by atoms with Crippen LogP contribution in [0.5, 0.6) is 0 Å². The van der Waals surface area contributed by atoms with Gasteiger partial charge in [0.05, 0.1) is 0 Å². The molecular weight excluding hydrogens is 222 g/mol. The van der Waals surface area contributed by atoms with Crippen molar-refractivity contribution < 1.29 is 19.1 Å². The molecule has 0 aromatic carbocycles. The van der Waals surface area contributed by atoms with Gasteiger partial charge in [0.15, 0.2) is 0 Å². The number of alkyl carbamates (subject to hydrolysis) is 1. The number of ether oxygens (including phenoxy) is 2. The van der Waals surface area contributed by atoms with Gasteiger partial charge in [-0.1, -0.05) is 26.2 Å². The maximum absolute atomic E-state index is 11.0. The molecule has 1 saturated heterocycles. The van der Waals surface area contributed by atoms with Crippen molar-refractivity contribution in [3.63, 3.8) is 0 Å². The molecule has 0 spiro atoms. The molecule has 98 valence electrons. The molecule has 0 aromatic heterocycles. The molecule has 1 amide bonds. The Bertz CT molecular complexity index is 267. The number of esters is 1. The van der Waals surface area contributed by atoms with E-state index in [9.17, 15) is 9.59 Å². The second-order valence-electron chi connectivity index (χ2n) is 4.35. The molecule has 1 aliphatic rings. The van der Waals surface area contributed by atoms with Crippen LogP contribution in [0.15, 0.2) is 0 Å². The second-order valence-corrected chi connectivity index (χ2v) is 4.35. The van der Waals surface area contributed by atoms with Gasteiger partial charge in [-0.3, -0.25) is 4.79 Å². The number of amides is 1. The first kappa shape index (κ1) is 13.8. The zero-order chi connectivity index (χ0) is 12.7. The number of unbranched alkanes of at least 4 members (excludes halogenated alkanes) is 3. The lowest BCUT2D eigenvalue weighted by Crippen LogP contribution is -2.40. The highest BCUT2D eigenvalue weighted by molar-refractivity contribution is 5.70. The zero-order valence-corrected chi connectivity index (χ0v) is 10.5. The number of rotatable bonds is 7. The van der Waals surface area contributed by atoms with E-state index in [1.54, 1.807) is 0 Å². The first-order valence-corrected chi connectivity index (χ1v) is 6.24. The quantitative estimate of drug-likeness (QED) is 0.548. The van der Waals surface area contributed by atoms with Gasteiger partial charge in [-0.15, -0.1) is 0 Å².